The molecular formula is C13H27N3O3. The number of nitrogens with zero attached hydrogens (tertiary/aromatic N) is 2. The SMILES string of the molecule is COCC(N)C(CO)N1CCC(N2CCOCC2)C1. The third-order valence-corrected chi connectivity index (χ3v) is 4.27. The van der Waals surface area contributed by atoms with Crippen molar-refractivity contribution in [3.05, 3.63) is 0 Å². The van der Waals surface area contributed by atoms with Crippen LogP contribution in [0, 0.1) is 0 Å². The van der Waals surface area contributed by atoms with Crippen molar-refractivity contribution in [2.24, 2.45) is 5.73 Å². The van der Waals surface area contributed by atoms with Crippen LogP contribution >= 0.6 is 0 Å². The predicted molar refractivity (Wildman–Crippen MR) is 73.1 cm³/mol. The average Bonchev–Trinajstić information content (AvgIpc) is 2.90. The van der Waals surface area contributed by atoms with E-state index in [1.54, 1.807) is 7.11 Å². The predicted octanol–water partition coefficient (Wildman–Crippen LogP) is -1.27. The molecule has 2 saturated heterocycles. The maximum absolute atomic E-state index is 9.57. The monoisotopic (exact) mass is 273 g/mol. The van der Waals surface area contributed by atoms with Gasteiger partial charge in [0.1, 0.15) is 0 Å². The molecule has 3 N–H and O–H groups in total. The van der Waals surface area contributed by atoms with Crippen LogP contribution < -0.4 is 5.73 Å². The smallest absolute Gasteiger partial charge is 0.0629 e. The standard InChI is InChI=1S/C13H27N3O3/c1-18-10-12(14)13(9-17)16-3-2-11(8-16)15-4-6-19-7-5-15/h11-13,17H,2-10,14H2,1H3. The molecular weight excluding hydrogens is 246 g/mol. The van der Waals surface area contributed by atoms with Crippen molar-refractivity contribution in [1.82, 2.24) is 9.80 Å². The quantitative estimate of drug-likeness (QED) is 0.629. The molecule has 2 fully saturated rings. The van der Waals surface area contributed by atoms with Crippen LogP contribution in [0.15, 0.2) is 0 Å². The summed E-state index contributed by atoms with van der Waals surface area (Å²) in [7, 11) is 1.65. The minimum Gasteiger partial charge on any atom is -0.395 e. The van der Waals surface area contributed by atoms with Crippen LogP contribution in [0.2, 0.25) is 0 Å². The van der Waals surface area contributed by atoms with Crippen molar-refractivity contribution in [3.63, 3.8) is 0 Å². The number of hydrogen-bond donors (Lipinski definition) is 2. The normalized spacial score (nSPS) is 29.5. The summed E-state index contributed by atoms with van der Waals surface area (Å²) < 4.78 is 10.5. The molecule has 0 aromatic carbocycles. The van der Waals surface area contributed by atoms with Crippen LogP contribution in [-0.4, -0.2) is 92.7 Å². The Balaban J connectivity index is 1.85. The highest BCUT2D eigenvalue weighted by Gasteiger charge is 2.34. The van der Waals surface area contributed by atoms with E-state index in [9.17, 15) is 5.11 Å². The molecule has 3 unspecified atom stereocenters. The van der Waals surface area contributed by atoms with Gasteiger partial charge >= 0.3 is 0 Å². The van der Waals surface area contributed by atoms with E-state index in [1.165, 1.54) is 0 Å². The Labute approximate surface area is 115 Å². The highest BCUT2D eigenvalue weighted by Crippen LogP contribution is 2.20. The topological polar surface area (TPSA) is 71.2 Å². The number of methoxy groups -OCH3 is 1. The van der Waals surface area contributed by atoms with Gasteiger partial charge in [-0.05, 0) is 6.42 Å². The van der Waals surface area contributed by atoms with Crippen molar-refractivity contribution in [3.8, 4) is 0 Å². The van der Waals surface area contributed by atoms with Crippen LogP contribution in [0.25, 0.3) is 0 Å². The van der Waals surface area contributed by atoms with Crippen LogP contribution in [0.4, 0.5) is 0 Å². The molecule has 2 aliphatic rings. The van der Waals surface area contributed by atoms with Gasteiger partial charge in [0.05, 0.1) is 32.5 Å². The summed E-state index contributed by atoms with van der Waals surface area (Å²) in [5.74, 6) is 0. The van der Waals surface area contributed by atoms with Crippen LogP contribution in [0.1, 0.15) is 6.42 Å². The lowest BCUT2D eigenvalue weighted by molar-refractivity contribution is 0.0152. The Morgan fingerprint density at radius 2 is 2.11 bits per heavy atom. The molecule has 0 aromatic heterocycles. The first-order chi connectivity index (χ1) is 9.26. The summed E-state index contributed by atoms with van der Waals surface area (Å²) in [6.45, 7) is 6.29. The fourth-order valence-corrected chi connectivity index (χ4v) is 3.14. The first kappa shape index (κ1) is 15.2. The molecule has 2 aliphatic heterocycles. The Morgan fingerprint density at radius 1 is 1.37 bits per heavy atom. The molecule has 0 aliphatic carbocycles. The van der Waals surface area contributed by atoms with E-state index >= 15 is 0 Å². The molecule has 0 amide bonds. The minimum absolute atomic E-state index is 0.00555. The molecule has 2 heterocycles. The van der Waals surface area contributed by atoms with Gasteiger partial charge in [-0.3, -0.25) is 9.80 Å². The third kappa shape index (κ3) is 3.87. The second-order valence-electron chi connectivity index (χ2n) is 5.45. The van der Waals surface area contributed by atoms with Gasteiger partial charge < -0.3 is 20.3 Å². The van der Waals surface area contributed by atoms with E-state index in [1.807, 2.05) is 0 Å². The zero-order chi connectivity index (χ0) is 13.7. The van der Waals surface area contributed by atoms with E-state index in [-0.39, 0.29) is 18.7 Å². The number of likely N-dealkylation sites (tertiary alicyclic amines) is 1. The van der Waals surface area contributed by atoms with E-state index < -0.39 is 0 Å². The summed E-state index contributed by atoms with van der Waals surface area (Å²) in [5.41, 5.74) is 6.08. The second kappa shape index (κ2) is 7.52. The maximum Gasteiger partial charge on any atom is 0.0629 e. The Hall–Kier alpha value is -0.240. The third-order valence-electron chi connectivity index (χ3n) is 4.27. The zero-order valence-electron chi connectivity index (χ0n) is 11.8. The molecule has 3 atom stereocenters. The summed E-state index contributed by atoms with van der Waals surface area (Å²) in [4.78, 5) is 4.81. The Morgan fingerprint density at radius 3 is 2.74 bits per heavy atom. The lowest BCUT2D eigenvalue weighted by Crippen LogP contribution is -2.52. The van der Waals surface area contributed by atoms with E-state index in [0.29, 0.717) is 12.6 Å². The molecule has 2 rings (SSSR count). The largest absolute Gasteiger partial charge is 0.395 e. The van der Waals surface area contributed by atoms with Gasteiger partial charge in [-0.2, -0.15) is 0 Å². The van der Waals surface area contributed by atoms with Crippen LogP contribution in [-0.2, 0) is 9.47 Å². The molecule has 0 spiro atoms. The van der Waals surface area contributed by atoms with Gasteiger partial charge in [-0.25, -0.2) is 0 Å². The van der Waals surface area contributed by atoms with Gasteiger partial charge in [-0.15, -0.1) is 0 Å². The van der Waals surface area contributed by atoms with Gasteiger partial charge in [0, 0.05) is 45.4 Å². The number of rotatable bonds is 6. The van der Waals surface area contributed by atoms with Crippen LogP contribution in [0.5, 0.6) is 0 Å². The van der Waals surface area contributed by atoms with E-state index in [4.69, 9.17) is 15.2 Å². The fraction of sp³-hybridized carbons (Fsp3) is 1.00. The second-order valence-corrected chi connectivity index (χ2v) is 5.45. The molecule has 6 heteroatoms. The average molecular weight is 273 g/mol. The van der Waals surface area contributed by atoms with Gasteiger partial charge in [0.15, 0.2) is 0 Å². The number of hydrogen-bond acceptors (Lipinski definition) is 6. The van der Waals surface area contributed by atoms with Crippen molar-refractivity contribution in [2.45, 2.75) is 24.5 Å². The summed E-state index contributed by atoms with van der Waals surface area (Å²) >= 11 is 0. The zero-order valence-corrected chi connectivity index (χ0v) is 11.8. The maximum atomic E-state index is 9.57. The summed E-state index contributed by atoms with van der Waals surface area (Å²) in [6, 6.07) is 0.456. The van der Waals surface area contributed by atoms with Gasteiger partial charge in [-0.1, -0.05) is 0 Å². The molecule has 0 saturated carbocycles. The number of aliphatic hydroxyl groups is 1. The van der Waals surface area contributed by atoms with E-state index in [0.717, 1.165) is 45.8 Å². The summed E-state index contributed by atoms with van der Waals surface area (Å²) in [6.07, 6.45) is 1.15. The summed E-state index contributed by atoms with van der Waals surface area (Å²) in [5, 5.41) is 9.57. The molecule has 0 radical (unpaired) electrons. The molecule has 0 aromatic rings. The van der Waals surface area contributed by atoms with Gasteiger partial charge in [0.25, 0.3) is 0 Å². The number of aliphatic hydroxyl groups excluding tert-OH is 1. The van der Waals surface area contributed by atoms with Crippen LogP contribution in [0.3, 0.4) is 0 Å². The lowest BCUT2D eigenvalue weighted by atomic mass is 10.1. The Kier molecular flexibility index (Phi) is 6.00. The fourth-order valence-electron chi connectivity index (χ4n) is 3.14. The minimum atomic E-state index is -0.126. The first-order valence-electron chi connectivity index (χ1n) is 7.17. The lowest BCUT2D eigenvalue weighted by Gasteiger charge is -2.34. The Bertz CT molecular complexity index is 262. The molecule has 0 bridgehead atoms. The van der Waals surface area contributed by atoms with Crippen molar-refractivity contribution < 1.29 is 14.6 Å². The van der Waals surface area contributed by atoms with Crippen molar-refractivity contribution >= 4 is 0 Å². The van der Waals surface area contributed by atoms with Crippen molar-refractivity contribution in [2.75, 3.05) is 59.7 Å². The number of morpholine rings is 1. The van der Waals surface area contributed by atoms with Gasteiger partial charge in [0.2, 0.25) is 0 Å². The molecule has 19 heavy (non-hydrogen) atoms. The number of ether oxygens (including phenoxy) is 2. The number of nitrogens with two attached hydrogens (primary N) is 1. The highest BCUT2D eigenvalue weighted by molar-refractivity contribution is 4.91. The van der Waals surface area contributed by atoms with Crippen molar-refractivity contribution in [1.29, 1.82) is 0 Å². The molecule has 112 valence electrons. The first-order valence-corrected chi connectivity index (χ1v) is 7.17. The highest BCUT2D eigenvalue weighted by atomic mass is 16.5. The molecule has 6 nitrogen and oxygen atoms in total. The van der Waals surface area contributed by atoms with E-state index in [2.05, 4.69) is 9.80 Å².